The second kappa shape index (κ2) is 6.20. The Balaban J connectivity index is 2.09. The van der Waals surface area contributed by atoms with Gasteiger partial charge in [-0.2, -0.15) is 11.8 Å². The van der Waals surface area contributed by atoms with E-state index in [2.05, 4.69) is 20.6 Å². The molecule has 4 heteroatoms. The van der Waals surface area contributed by atoms with Gasteiger partial charge < -0.3 is 9.42 Å². The summed E-state index contributed by atoms with van der Waals surface area (Å²) in [6.45, 7) is 3.66. The van der Waals surface area contributed by atoms with Crippen LogP contribution in [0.3, 0.4) is 0 Å². The van der Waals surface area contributed by atoms with Gasteiger partial charge in [-0.1, -0.05) is 0 Å². The summed E-state index contributed by atoms with van der Waals surface area (Å²) < 4.78 is 5.23. The summed E-state index contributed by atoms with van der Waals surface area (Å²) >= 11 is 1.92. The summed E-state index contributed by atoms with van der Waals surface area (Å²) in [5.74, 6) is 1.26. The molecule has 0 aromatic rings. The largest absolute Gasteiger partial charge is 0.362 e. The Morgan fingerprint density at radius 2 is 2.17 bits per heavy atom. The van der Waals surface area contributed by atoms with E-state index in [4.69, 9.17) is 4.52 Å². The Morgan fingerprint density at radius 1 is 1.50 bits per heavy atom. The highest BCUT2D eigenvalue weighted by molar-refractivity contribution is 7.98. The predicted molar refractivity (Wildman–Crippen MR) is 58.6 cm³/mol. The molecule has 0 amide bonds. The average molecular weight is 207 g/mol. The SMILES string of the molecule is CSCCN1CCC(OP)CC1. The molecule has 1 saturated heterocycles. The van der Waals surface area contributed by atoms with E-state index in [1.54, 1.807) is 0 Å². The summed E-state index contributed by atoms with van der Waals surface area (Å²) in [6.07, 6.45) is 5.04. The van der Waals surface area contributed by atoms with Crippen molar-refractivity contribution in [1.82, 2.24) is 4.90 Å². The molecule has 0 bridgehead atoms. The van der Waals surface area contributed by atoms with E-state index >= 15 is 0 Å². The third-order valence-electron chi connectivity index (χ3n) is 2.34. The highest BCUT2D eigenvalue weighted by atomic mass is 32.2. The first-order valence-corrected chi connectivity index (χ1v) is 6.30. The fourth-order valence-corrected chi connectivity index (χ4v) is 2.20. The summed E-state index contributed by atoms with van der Waals surface area (Å²) in [6, 6.07) is 0. The molecule has 0 saturated carbocycles. The Morgan fingerprint density at radius 3 is 2.67 bits per heavy atom. The number of nitrogens with zero attached hydrogens (tertiary/aromatic N) is 1. The topological polar surface area (TPSA) is 12.5 Å². The van der Waals surface area contributed by atoms with Crippen LogP contribution in [-0.4, -0.2) is 42.6 Å². The van der Waals surface area contributed by atoms with Gasteiger partial charge in [-0.3, -0.25) is 0 Å². The maximum absolute atomic E-state index is 5.23. The number of hydrogen-bond acceptors (Lipinski definition) is 3. The van der Waals surface area contributed by atoms with Crippen molar-refractivity contribution in [3.63, 3.8) is 0 Å². The lowest BCUT2D eigenvalue weighted by Crippen LogP contribution is -2.37. The predicted octanol–water partition coefficient (Wildman–Crippen LogP) is 1.62. The van der Waals surface area contributed by atoms with Gasteiger partial charge in [0.1, 0.15) is 0 Å². The van der Waals surface area contributed by atoms with Gasteiger partial charge in [0.05, 0.1) is 6.10 Å². The van der Waals surface area contributed by atoms with E-state index in [-0.39, 0.29) is 0 Å². The Kier molecular flexibility index (Phi) is 5.57. The van der Waals surface area contributed by atoms with Crippen molar-refractivity contribution in [3.05, 3.63) is 0 Å². The summed E-state index contributed by atoms with van der Waals surface area (Å²) in [4.78, 5) is 2.52. The molecule has 1 atom stereocenters. The zero-order valence-corrected chi connectivity index (χ0v) is 9.63. The second-order valence-corrected chi connectivity index (χ2v) is 4.43. The highest BCUT2D eigenvalue weighted by Gasteiger charge is 2.17. The van der Waals surface area contributed by atoms with Crippen LogP contribution in [0.5, 0.6) is 0 Å². The van der Waals surface area contributed by atoms with Crippen LogP contribution < -0.4 is 0 Å². The highest BCUT2D eigenvalue weighted by Crippen LogP contribution is 2.15. The van der Waals surface area contributed by atoms with E-state index in [1.807, 2.05) is 11.8 Å². The van der Waals surface area contributed by atoms with Crippen molar-refractivity contribution in [2.24, 2.45) is 0 Å². The number of thioether (sulfide) groups is 1. The average Bonchev–Trinajstić information content (AvgIpc) is 2.15. The minimum Gasteiger partial charge on any atom is -0.362 e. The molecular weight excluding hydrogens is 189 g/mol. The minimum atomic E-state index is 0.487. The van der Waals surface area contributed by atoms with Crippen LogP contribution in [0.25, 0.3) is 0 Å². The van der Waals surface area contributed by atoms with Gasteiger partial charge in [0.15, 0.2) is 0 Å². The van der Waals surface area contributed by atoms with Gasteiger partial charge in [0.25, 0.3) is 0 Å². The molecule has 1 aliphatic heterocycles. The van der Waals surface area contributed by atoms with E-state index in [0.29, 0.717) is 6.10 Å². The van der Waals surface area contributed by atoms with Crippen LogP contribution in [0, 0.1) is 0 Å². The van der Waals surface area contributed by atoms with Crippen LogP contribution >= 0.6 is 21.2 Å². The molecule has 2 nitrogen and oxygen atoms in total. The number of likely N-dealkylation sites (tertiary alicyclic amines) is 1. The van der Waals surface area contributed by atoms with Crippen LogP contribution in [0.2, 0.25) is 0 Å². The number of rotatable bonds is 4. The zero-order valence-electron chi connectivity index (χ0n) is 7.66. The molecule has 12 heavy (non-hydrogen) atoms. The summed E-state index contributed by atoms with van der Waals surface area (Å²) in [7, 11) is 2.37. The lowest BCUT2D eigenvalue weighted by molar-refractivity contribution is 0.121. The lowest BCUT2D eigenvalue weighted by atomic mass is 10.1. The number of piperidine rings is 1. The molecule has 0 radical (unpaired) electrons. The first kappa shape index (κ1) is 10.8. The zero-order chi connectivity index (χ0) is 8.81. The van der Waals surface area contributed by atoms with Gasteiger partial charge in [-0.05, 0) is 19.1 Å². The van der Waals surface area contributed by atoms with E-state index in [1.165, 1.54) is 38.2 Å². The third kappa shape index (κ3) is 3.61. The normalized spacial score (nSPS) is 21.5. The Bertz CT molecular complexity index is 118. The van der Waals surface area contributed by atoms with Crippen molar-refractivity contribution in [2.45, 2.75) is 18.9 Å². The molecule has 72 valence electrons. The third-order valence-corrected chi connectivity index (χ3v) is 3.31. The molecule has 0 aliphatic carbocycles. The Hall–Kier alpha value is 0.700. The van der Waals surface area contributed by atoms with Crippen LogP contribution in [0.1, 0.15) is 12.8 Å². The quantitative estimate of drug-likeness (QED) is 0.650. The van der Waals surface area contributed by atoms with Crippen LogP contribution in [-0.2, 0) is 4.52 Å². The molecular formula is C8H18NOPS. The van der Waals surface area contributed by atoms with Gasteiger partial charge >= 0.3 is 0 Å². The number of hydrogen-bond donors (Lipinski definition) is 0. The van der Waals surface area contributed by atoms with Gasteiger partial charge in [-0.15, -0.1) is 0 Å². The van der Waals surface area contributed by atoms with Gasteiger partial charge in [0, 0.05) is 34.9 Å². The second-order valence-electron chi connectivity index (χ2n) is 3.17. The molecule has 1 fully saturated rings. The summed E-state index contributed by atoms with van der Waals surface area (Å²) in [5.41, 5.74) is 0. The molecule has 0 N–H and O–H groups in total. The molecule has 0 aromatic heterocycles. The van der Waals surface area contributed by atoms with Crippen molar-refractivity contribution in [1.29, 1.82) is 0 Å². The van der Waals surface area contributed by atoms with Gasteiger partial charge in [-0.25, -0.2) is 0 Å². The van der Waals surface area contributed by atoms with E-state index < -0.39 is 0 Å². The van der Waals surface area contributed by atoms with Crippen molar-refractivity contribution in [2.75, 3.05) is 31.6 Å². The fourth-order valence-electron chi connectivity index (χ4n) is 1.49. The standard InChI is InChI=1S/C8H18NOPS/c1-12-7-6-9-4-2-8(10-11)3-5-9/h8H,2-7,11H2,1H3. The molecule has 0 spiro atoms. The molecule has 1 unspecified atom stereocenters. The molecule has 1 heterocycles. The maximum atomic E-state index is 5.23. The summed E-state index contributed by atoms with van der Waals surface area (Å²) in [5, 5.41) is 0. The van der Waals surface area contributed by atoms with Crippen LogP contribution in [0.4, 0.5) is 0 Å². The maximum Gasteiger partial charge on any atom is 0.0635 e. The van der Waals surface area contributed by atoms with E-state index in [9.17, 15) is 0 Å². The molecule has 1 aliphatic rings. The lowest BCUT2D eigenvalue weighted by Gasteiger charge is -2.30. The monoisotopic (exact) mass is 207 g/mol. The molecule has 1 rings (SSSR count). The van der Waals surface area contributed by atoms with Crippen molar-refractivity contribution >= 4 is 21.2 Å². The van der Waals surface area contributed by atoms with E-state index in [0.717, 1.165) is 0 Å². The van der Waals surface area contributed by atoms with Crippen molar-refractivity contribution < 1.29 is 4.52 Å². The fraction of sp³-hybridized carbons (Fsp3) is 1.00. The smallest absolute Gasteiger partial charge is 0.0635 e. The van der Waals surface area contributed by atoms with Crippen molar-refractivity contribution in [3.8, 4) is 0 Å². The molecule has 0 aromatic carbocycles. The van der Waals surface area contributed by atoms with Crippen LogP contribution in [0.15, 0.2) is 0 Å². The first-order chi connectivity index (χ1) is 5.86. The Labute approximate surface area is 81.7 Å². The minimum absolute atomic E-state index is 0.487. The van der Waals surface area contributed by atoms with Gasteiger partial charge in [0.2, 0.25) is 0 Å². The first-order valence-electron chi connectivity index (χ1n) is 4.43.